The molecule has 0 bridgehead atoms. The molecule has 0 saturated carbocycles. The minimum Gasteiger partial charge on any atom is -0.450 e. The molecular weight excluding hydrogens is 244 g/mol. The number of anilines is 1. The molecule has 1 amide bonds. The molecule has 0 saturated heterocycles. The number of amides is 1. The zero-order chi connectivity index (χ0) is 13.0. The van der Waals surface area contributed by atoms with Gasteiger partial charge in [0.15, 0.2) is 5.13 Å². The minimum absolute atomic E-state index is 0.0453. The first-order valence-corrected chi connectivity index (χ1v) is 5.84. The van der Waals surface area contributed by atoms with Crippen molar-refractivity contribution in [2.24, 2.45) is 5.92 Å². The molecule has 6 nitrogen and oxygen atoms in total. The van der Waals surface area contributed by atoms with Gasteiger partial charge in [0.05, 0.1) is 10.6 Å². The van der Waals surface area contributed by atoms with E-state index in [0.29, 0.717) is 15.7 Å². The van der Waals surface area contributed by atoms with Gasteiger partial charge in [0.1, 0.15) is 6.61 Å². The van der Waals surface area contributed by atoms with Crippen LogP contribution in [0.25, 0.3) is 0 Å². The average molecular weight is 258 g/mol. The second-order valence-corrected chi connectivity index (χ2v) is 4.81. The molecule has 17 heavy (non-hydrogen) atoms. The number of thiazole rings is 1. The standard InChI is InChI=1S/C10H14N2O4S/c1-5(2)8(13)12-9-11-6(3)7(17-9)4-16-10(14)15/h5H,4H2,1-3H3,(H,14,15)(H,11,12,13). The molecule has 7 heteroatoms. The van der Waals surface area contributed by atoms with Gasteiger partial charge >= 0.3 is 6.16 Å². The fourth-order valence-corrected chi connectivity index (χ4v) is 1.87. The van der Waals surface area contributed by atoms with Gasteiger partial charge < -0.3 is 15.2 Å². The Morgan fingerprint density at radius 2 is 2.18 bits per heavy atom. The van der Waals surface area contributed by atoms with Crippen LogP contribution >= 0.6 is 11.3 Å². The van der Waals surface area contributed by atoms with Crippen LogP contribution in [0, 0.1) is 12.8 Å². The van der Waals surface area contributed by atoms with Crippen molar-refractivity contribution in [3.63, 3.8) is 0 Å². The van der Waals surface area contributed by atoms with Crippen LogP contribution in [0.3, 0.4) is 0 Å². The van der Waals surface area contributed by atoms with E-state index in [1.807, 2.05) is 0 Å². The van der Waals surface area contributed by atoms with Gasteiger partial charge in [-0.25, -0.2) is 9.78 Å². The van der Waals surface area contributed by atoms with Gasteiger partial charge in [0.2, 0.25) is 5.91 Å². The number of nitrogens with one attached hydrogen (secondary N) is 1. The van der Waals surface area contributed by atoms with Crippen molar-refractivity contribution in [3.8, 4) is 0 Å². The lowest BCUT2D eigenvalue weighted by molar-refractivity contribution is -0.118. The van der Waals surface area contributed by atoms with Gasteiger partial charge in [-0.2, -0.15) is 0 Å². The van der Waals surface area contributed by atoms with E-state index < -0.39 is 6.16 Å². The van der Waals surface area contributed by atoms with Gasteiger partial charge in [0.25, 0.3) is 0 Å². The molecule has 0 aliphatic heterocycles. The molecule has 1 heterocycles. The maximum atomic E-state index is 11.4. The van der Waals surface area contributed by atoms with Crippen LogP contribution in [0.5, 0.6) is 0 Å². The summed E-state index contributed by atoms with van der Waals surface area (Å²) >= 11 is 1.22. The van der Waals surface area contributed by atoms with Crippen molar-refractivity contribution >= 4 is 28.5 Å². The van der Waals surface area contributed by atoms with E-state index in [0.717, 1.165) is 0 Å². The maximum Gasteiger partial charge on any atom is 0.506 e. The van der Waals surface area contributed by atoms with E-state index in [4.69, 9.17) is 5.11 Å². The van der Waals surface area contributed by atoms with E-state index in [1.165, 1.54) is 11.3 Å². The average Bonchev–Trinajstić information content (AvgIpc) is 2.55. The zero-order valence-electron chi connectivity index (χ0n) is 9.81. The number of hydrogen-bond acceptors (Lipinski definition) is 5. The summed E-state index contributed by atoms with van der Waals surface area (Å²) in [5.74, 6) is -0.248. The van der Waals surface area contributed by atoms with E-state index in [-0.39, 0.29) is 18.4 Å². The number of carbonyl (C=O) groups excluding carboxylic acids is 1. The summed E-state index contributed by atoms with van der Waals surface area (Å²) in [5.41, 5.74) is 0.662. The van der Waals surface area contributed by atoms with Crippen LogP contribution in [0.15, 0.2) is 0 Å². The number of aromatic nitrogens is 1. The number of hydrogen-bond donors (Lipinski definition) is 2. The molecule has 0 radical (unpaired) electrons. The highest BCUT2D eigenvalue weighted by Crippen LogP contribution is 2.23. The van der Waals surface area contributed by atoms with Crippen molar-refractivity contribution in [1.82, 2.24) is 4.98 Å². The molecule has 0 unspecified atom stereocenters. The molecule has 0 spiro atoms. The molecule has 2 N–H and O–H groups in total. The summed E-state index contributed by atoms with van der Waals surface area (Å²) in [6.45, 7) is 5.26. The van der Waals surface area contributed by atoms with Crippen LogP contribution in [-0.2, 0) is 16.1 Å². The van der Waals surface area contributed by atoms with Crippen LogP contribution in [0.1, 0.15) is 24.4 Å². The van der Waals surface area contributed by atoms with Crippen molar-refractivity contribution in [2.45, 2.75) is 27.4 Å². The summed E-state index contributed by atoms with van der Waals surface area (Å²) < 4.78 is 4.45. The molecule has 94 valence electrons. The smallest absolute Gasteiger partial charge is 0.450 e. The number of carbonyl (C=O) groups is 2. The van der Waals surface area contributed by atoms with Gasteiger partial charge in [-0.05, 0) is 6.92 Å². The zero-order valence-corrected chi connectivity index (χ0v) is 10.6. The van der Waals surface area contributed by atoms with Crippen LogP contribution < -0.4 is 5.32 Å². The highest BCUT2D eigenvalue weighted by molar-refractivity contribution is 7.15. The van der Waals surface area contributed by atoms with Gasteiger partial charge in [0, 0.05) is 5.92 Å². The lowest BCUT2D eigenvalue weighted by atomic mass is 10.2. The maximum absolute atomic E-state index is 11.4. The minimum atomic E-state index is -1.33. The van der Waals surface area contributed by atoms with Crippen LogP contribution in [-0.4, -0.2) is 22.2 Å². The summed E-state index contributed by atoms with van der Waals surface area (Å²) in [4.78, 5) is 26.5. The Morgan fingerprint density at radius 3 is 2.71 bits per heavy atom. The van der Waals surface area contributed by atoms with Crippen molar-refractivity contribution in [2.75, 3.05) is 5.32 Å². The Labute approximate surface area is 103 Å². The number of carboxylic acid groups (broad SMARTS) is 1. The lowest BCUT2D eigenvalue weighted by Crippen LogP contribution is -2.17. The van der Waals surface area contributed by atoms with Crippen LogP contribution in [0.4, 0.5) is 9.93 Å². The Morgan fingerprint density at radius 1 is 1.53 bits per heavy atom. The fraction of sp³-hybridized carbons (Fsp3) is 0.500. The fourth-order valence-electron chi connectivity index (χ4n) is 0.992. The SMILES string of the molecule is Cc1nc(NC(=O)C(C)C)sc1COC(=O)O. The molecule has 0 atom stereocenters. The third kappa shape index (κ3) is 4.03. The van der Waals surface area contributed by atoms with E-state index >= 15 is 0 Å². The monoisotopic (exact) mass is 258 g/mol. The molecule has 1 aromatic heterocycles. The third-order valence-electron chi connectivity index (χ3n) is 1.97. The van der Waals surface area contributed by atoms with Crippen molar-refractivity contribution in [1.29, 1.82) is 0 Å². The van der Waals surface area contributed by atoms with Gasteiger partial charge in [-0.1, -0.05) is 25.2 Å². The Kier molecular flexibility index (Phi) is 4.45. The number of rotatable bonds is 4. The van der Waals surface area contributed by atoms with E-state index in [9.17, 15) is 9.59 Å². The molecule has 0 fully saturated rings. The molecule has 0 aromatic carbocycles. The summed E-state index contributed by atoms with van der Waals surface area (Å²) in [5, 5.41) is 11.5. The van der Waals surface area contributed by atoms with Crippen LogP contribution in [0.2, 0.25) is 0 Å². The first-order valence-electron chi connectivity index (χ1n) is 5.03. The molecule has 1 aromatic rings. The molecular formula is C10H14N2O4S. The highest BCUT2D eigenvalue weighted by atomic mass is 32.1. The summed E-state index contributed by atoms with van der Waals surface area (Å²) in [6.07, 6.45) is -1.33. The normalized spacial score (nSPS) is 10.4. The molecule has 1 rings (SSSR count). The Bertz CT molecular complexity index is 428. The second-order valence-electron chi connectivity index (χ2n) is 3.73. The predicted octanol–water partition coefficient (Wildman–Crippen LogP) is 2.24. The predicted molar refractivity (Wildman–Crippen MR) is 63.1 cm³/mol. The topological polar surface area (TPSA) is 88.5 Å². The van der Waals surface area contributed by atoms with E-state index in [2.05, 4.69) is 15.0 Å². The quantitative estimate of drug-likeness (QED) is 0.808. The summed E-state index contributed by atoms with van der Waals surface area (Å²) in [7, 11) is 0. The lowest BCUT2D eigenvalue weighted by Gasteiger charge is -2.03. The highest BCUT2D eigenvalue weighted by Gasteiger charge is 2.13. The summed E-state index contributed by atoms with van der Waals surface area (Å²) in [6, 6.07) is 0. The first-order chi connectivity index (χ1) is 7.90. The second kappa shape index (κ2) is 5.62. The van der Waals surface area contributed by atoms with E-state index in [1.54, 1.807) is 20.8 Å². The van der Waals surface area contributed by atoms with Gasteiger partial charge in [-0.15, -0.1) is 0 Å². The first kappa shape index (κ1) is 13.4. The number of ether oxygens (including phenoxy) is 1. The van der Waals surface area contributed by atoms with Crippen molar-refractivity contribution in [3.05, 3.63) is 10.6 Å². The largest absolute Gasteiger partial charge is 0.506 e. The number of nitrogens with zero attached hydrogens (tertiary/aromatic N) is 1. The number of aryl methyl sites for hydroxylation is 1. The van der Waals surface area contributed by atoms with Crippen molar-refractivity contribution < 1.29 is 19.4 Å². The van der Waals surface area contributed by atoms with Gasteiger partial charge in [-0.3, -0.25) is 4.79 Å². The third-order valence-corrected chi connectivity index (χ3v) is 3.02. The Hall–Kier alpha value is -1.63. The Balaban J connectivity index is 2.67. The molecule has 0 aliphatic rings. The molecule has 0 aliphatic carbocycles.